The van der Waals surface area contributed by atoms with Crippen LogP contribution in [0.25, 0.3) is 0 Å². The van der Waals surface area contributed by atoms with Crippen LogP contribution in [0, 0.1) is 5.82 Å². The van der Waals surface area contributed by atoms with Crippen molar-refractivity contribution in [3.63, 3.8) is 0 Å². The zero-order valence-corrected chi connectivity index (χ0v) is 15.7. The largest absolute Gasteiger partial charge is 0.468 e. The van der Waals surface area contributed by atoms with Crippen molar-refractivity contribution in [1.82, 2.24) is 15.6 Å². The third kappa shape index (κ3) is 5.82. The Morgan fingerprint density at radius 2 is 2.10 bits per heavy atom. The lowest BCUT2D eigenvalue weighted by Crippen LogP contribution is -2.42. The quantitative estimate of drug-likeness (QED) is 0.705. The van der Waals surface area contributed by atoms with Crippen LogP contribution >= 0.6 is 0 Å². The minimum Gasteiger partial charge on any atom is -0.468 e. The number of pyridine rings is 1. The summed E-state index contributed by atoms with van der Waals surface area (Å²) < 4.78 is 54.8. The molecule has 0 fully saturated rings. The van der Waals surface area contributed by atoms with Crippen LogP contribution in [-0.4, -0.2) is 29.8 Å². The topological polar surface area (TPSA) is 63.2 Å². The number of nitrogens with one attached hydrogen (secondary N) is 2. The summed E-state index contributed by atoms with van der Waals surface area (Å²) >= 11 is 0. The third-order valence-corrected chi connectivity index (χ3v) is 4.83. The van der Waals surface area contributed by atoms with Crippen molar-refractivity contribution >= 4 is 6.03 Å². The second kappa shape index (κ2) is 8.67. The lowest BCUT2D eigenvalue weighted by Gasteiger charge is -2.22. The van der Waals surface area contributed by atoms with E-state index in [0.29, 0.717) is 5.56 Å². The second-order valence-electron chi connectivity index (χ2n) is 7.01. The molecule has 9 heteroatoms. The van der Waals surface area contributed by atoms with E-state index in [2.05, 4.69) is 20.4 Å². The number of fused-ring (bicyclic) bond motifs is 1. The van der Waals surface area contributed by atoms with Gasteiger partial charge in [0.1, 0.15) is 5.82 Å². The molecule has 1 aromatic carbocycles. The number of alkyl halides is 3. The maximum Gasteiger partial charge on any atom is 0.422 e. The Hall–Kier alpha value is -2.84. The van der Waals surface area contributed by atoms with Gasteiger partial charge in [-0.25, -0.2) is 14.2 Å². The summed E-state index contributed by atoms with van der Waals surface area (Å²) in [5.41, 5.74) is 2.56. The van der Waals surface area contributed by atoms with E-state index in [1.54, 1.807) is 12.1 Å². The average molecular weight is 411 g/mol. The molecule has 29 heavy (non-hydrogen) atoms. The van der Waals surface area contributed by atoms with Gasteiger partial charge < -0.3 is 15.4 Å². The molecule has 0 radical (unpaired) electrons. The van der Waals surface area contributed by atoms with E-state index in [4.69, 9.17) is 0 Å². The lowest BCUT2D eigenvalue weighted by atomic mass is 9.94. The molecule has 2 amide bonds. The van der Waals surface area contributed by atoms with Gasteiger partial charge in [0.25, 0.3) is 0 Å². The molecular weight excluding hydrogens is 390 g/mol. The maximum absolute atomic E-state index is 13.5. The number of hydrogen-bond acceptors (Lipinski definition) is 3. The number of ether oxygens (including phenoxy) is 1. The van der Waals surface area contributed by atoms with Gasteiger partial charge in [-0.3, -0.25) is 0 Å². The highest BCUT2D eigenvalue weighted by atomic mass is 19.4. The molecular formula is C20H21F4N3O2. The van der Waals surface area contributed by atoms with Gasteiger partial charge >= 0.3 is 12.2 Å². The minimum absolute atomic E-state index is 0.0229. The first kappa shape index (κ1) is 20.9. The van der Waals surface area contributed by atoms with Crippen LogP contribution in [0.2, 0.25) is 0 Å². The van der Waals surface area contributed by atoms with Crippen molar-refractivity contribution in [1.29, 1.82) is 0 Å². The number of benzene rings is 1. The molecule has 0 saturated carbocycles. The molecule has 1 aliphatic carbocycles. The van der Waals surface area contributed by atoms with Gasteiger partial charge in [0, 0.05) is 30.8 Å². The Labute approximate surface area is 165 Å². The SMILES string of the molecule is CC(NC(=O)NCc1ccnc(OCC(F)(F)F)c1)[C@@H]1CCc2ccc(F)cc21. The summed E-state index contributed by atoms with van der Waals surface area (Å²) in [5.74, 6) is -0.441. The molecule has 3 rings (SSSR count). The highest BCUT2D eigenvalue weighted by Gasteiger charge is 2.29. The average Bonchev–Trinajstić information content (AvgIpc) is 3.07. The molecule has 0 aliphatic heterocycles. The number of rotatable bonds is 6. The molecule has 0 bridgehead atoms. The summed E-state index contributed by atoms with van der Waals surface area (Å²) in [6, 6.07) is 7.01. The van der Waals surface area contributed by atoms with Gasteiger partial charge in [0.2, 0.25) is 5.88 Å². The summed E-state index contributed by atoms with van der Waals surface area (Å²) in [5, 5.41) is 5.50. The van der Waals surface area contributed by atoms with Gasteiger partial charge in [0.05, 0.1) is 0 Å². The molecule has 2 N–H and O–H groups in total. The van der Waals surface area contributed by atoms with E-state index in [1.807, 2.05) is 6.92 Å². The predicted octanol–water partition coefficient (Wildman–Crippen LogP) is 4.08. The Balaban J connectivity index is 1.51. The number of nitrogens with zero attached hydrogens (tertiary/aromatic N) is 1. The highest BCUT2D eigenvalue weighted by Crippen LogP contribution is 2.35. The molecule has 2 aromatic rings. The van der Waals surface area contributed by atoms with Crippen LogP contribution < -0.4 is 15.4 Å². The first-order valence-corrected chi connectivity index (χ1v) is 9.18. The molecule has 5 nitrogen and oxygen atoms in total. The number of halogens is 4. The normalized spacial score (nSPS) is 16.8. The molecule has 1 unspecified atom stereocenters. The number of carbonyl (C=O) groups excluding carboxylic acids is 1. The zero-order valence-electron chi connectivity index (χ0n) is 15.7. The molecule has 0 spiro atoms. The molecule has 2 atom stereocenters. The van der Waals surface area contributed by atoms with E-state index >= 15 is 0 Å². The summed E-state index contributed by atoms with van der Waals surface area (Å²) in [7, 11) is 0. The summed E-state index contributed by atoms with van der Waals surface area (Å²) in [6.45, 7) is 0.525. The lowest BCUT2D eigenvalue weighted by molar-refractivity contribution is -0.154. The van der Waals surface area contributed by atoms with E-state index in [0.717, 1.165) is 24.0 Å². The number of hydrogen-bond donors (Lipinski definition) is 2. The van der Waals surface area contributed by atoms with Crippen LogP contribution in [0.4, 0.5) is 22.4 Å². The van der Waals surface area contributed by atoms with E-state index in [1.165, 1.54) is 24.4 Å². The van der Waals surface area contributed by atoms with Crippen LogP contribution in [0.5, 0.6) is 5.88 Å². The van der Waals surface area contributed by atoms with Gasteiger partial charge in [-0.05, 0) is 54.7 Å². The van der Waals surface area contributed by atoms with Gasteiger partial charge in [0.15, 0.2) is 6.61 Å². The van der Waals surface area contributed by atoms with E-state index < -0.39 is 18.8 Å². The summed E-state index contributed by atoms with van der Waals surface area (Å²) in [4.78, 5) is 15.9. The van der Waals surface area contributed by atoms with Crippen LogP contribution in [0.15, 0.2) is 36.5 Å². The van der Waals surface area contributed by atoms with Crippen LogP contribution in [-0.2, 0) is 13.0 Å². The molecule has 1 aromatic heterocycles. The van der Waals surface area contributed by atoms with Gasteiger partial charge in [-0.15, -0.1) is 0 Å². The molecule has 1 heterocycles. The second-order valence-corrected chi connectivity index (χ2v) is 7.01. The van der Waals surface area contributed by atoms with Crippen molar-refractivity contribution in [3.05, 3.63) is 59.0 Å². The smallest absolute Gasteiger partial charge is 0.422 e. The standard InChI is InChI=1S/C20H21F4N3O2/c1-12(16-5-3-14-2-4-15(21)9-17(14)16)27-19(28)26-10-13-6-7-25-18(8-13)29-11-20(22,23)24/h2,4,6-9,12,16H,3,5,10-11H2,1H3,(H2,26,27,28)/t12?,16-/m0/s1. The third-order valence-electron chi connectivity index (χ3n) is 4.83. The Morgan fingerprint density at radius 1 is 1.31 bits per heavy atom. The number of amides is 2. The van der Waals surface area contributed by atoms with Crippen molar-refractivity contribution in [2.45, 2.75) is 44.4 Å². The first-order chi connectivity index (χ1) is 13.7. The number of carbonyl (C=O) groups is 1. The van der Waals surface area contributed by atoms with Crippen molar-refractivity contribution in [2.75, 3.05) is 6.61 Å². The Kier molecular flexibility index (Phi) is 6.24. The van der Waals surface area contributed by atoms with E-state index in [-0.39, 0.29) is 30.2 Å². The number of aryl methyl sites for hydroxylation is 1. The summed E-state index contributed by atoms with van der Waals surface area (Å²) in [6.07, 6.45) is -1.48. The van der Waals surface area contributed by atoms with Gasteiger partial charge in [-0.1, -0.05) is 6.07 Å². The minimum atomic E-state index is -4.45. The molecule has 0 saturated heterocycles. The van der Waals surface area contributed by atoms with Gasteiger partial charge in [-0.2, -0.15) is 13.2 Å². The Bertz CT molecular complexity index is 873. The number of aromatic nitrogens is 1. The van der Waals surface area contributed by atoms with Crippen molar-refractivity contribution in [3.8, 4) is 5.88 Å². The van der Waals surface area contributed by atoms with Crippen molar-refractivity contribution in [2.24, 2.45) is 0 Å². The highest BCUT2D eigenvalue weighted by molar-refractivity contribution is 5.74. The fourth-order valence-electron chi connectivity index (χ4n) is 3.46. The maximum atomic E-state index is 13.5. The van der Waals surface area contributed by atoms with Crippen LogP contribution in [0.3, 0.4) is 0 Å². The Morgan fingerprint density at radius 3 is 2.86 bits per heavy atom. The molecule has 156 valence electrons. The van der Waals surface area contributed by atoms with E-state index in [9.17, 15) is 22.4 Å². The first-order valence-electron chi connectivity index (χ1n) is 9.18. The fourth-order valence-corrected chi connectivity index (χ4v) is 3.46. The zero-order chi connectivity index (χ0) is 21.0. The van der Waals surface area contributed by atoms with Crippen LogP contribution in [0.1, 0.15) is 36.0 Å². The fraction of sp³-hybridized carbons (Fsp3) is 0.400. The molecule has 1 aliphatic rings. The van der Waals surface area contributed by atoms with Crippen molar-refractivity contribution < 1.29 is 27.1 Å². The monoisotopic (exact) mass is 411 g/mol. The predicted molar refractivity (Wildman–Crippen MR) is 98.1 cm³/mol. The number of urea groups is 1.